The van der Waals surface area contributed by atoms with Gasteiger partial charge in [-0.1, -0.05) is 35.5 Å². The quantitative estimate of drug-likeness (QED) is 0.694. The van der Waals surface area contributed by atoms with Crippen LogP contribution in [0.25, 0.3) is 21.2 Å². The Bertz CT molecular complexity index is 868. The third kappa shape index (κ3) is 4.16. The van der Waals surface area contributed by atoms with Crippen LogP contribution in [-0.4, -0.2) is 48.3 Å². The van der Waals surface area contributed by atoms with Crippen LogP contribution in [0.2, 0.25) is 0 Å². The maximum Gasteiger partial charge on any atom is 0.271 e. The van der Waals surface area contributed by atoms with E-state index in [-0.39, 0.29) is 18.4 Å². The molecule has 0 amide bonds. The fourth-order valence-corrected chi connectivity index (χ4v) is 4.12. The fourth-order valence-electron chi connectivity index (χ4n) is 3.09. The van der Waals surface area contributed by atoms with Crippen LogP contribution in [0, 0.1) is 0 Å². The van der Waals surface area contributed by atoms with E-state index in [1.54, 1.807) is 11.3 Å². The number of nitrogens with one attached hydrogen (secondary N) is 1. The van der Waals surface area contributed by atoms with Gasteiger partial charge in [-0.05, 0) is 25.6 Å². The number of thiophene rings is 1. The molecule has 1 unspecified atom stereocenters. The molecular formula is C19H23ClN4O2S. The van der Waals surface area contributed by atoms with E-state index in [0.717, 1.165) is 40.7 Å². The molecule has 3 heterocycles. The third-order valence-corrected chi connectivity index (χ3v) is 5.65. The van der Waals surface area contributed by atoms with E-state index in [1.165, 1.54) is 0 Å². The summed E-state index contributed by atoms with van der Waals surface area (Å²) in [7, 11) is 2.09. The SMILES string of the molecule is CCOc1cc(-c2ccccc2)sc1-c1nc(C2CNCCN2C)no1.Cl. The molecule has 1 aromatic carbocycles. The van der Waals surface area contributed by atoms with Gasteiger partial charge < -0.3 is 14.6 Å². The summed E-state index contributed by atoms with van der Waals surface area (Å²) >= 11 is 1.62. The van der Waals surface area contributed by atoms with Gasteiger partial charge in [0.05, 0.1) is 12.6 Å². The molecule has 3 aromatic rings. The smallest absolute Gasteiger partial charge is 0.271 e. The van der Waals surface area contributed by atoms with Crippen LogP contribution in [0.5, 0.6) is 5.75 Å². The summed E-state index contributed by atoms with van der Waals surface area (Å²) < 4.78 is 11.4. The normalized spacial score (nSPS) is 17.5. The molecule has 8 heteroatoms. The fraction of sp³-hybridized carbons (Fsp3) is 0.368. The zero-order valence-corrected chi connectivity index (χ0v) is 17.0. The molecule has 0 spiro atoms. The van der Waals surface area contributed by atoms with Crippen LogP contribution in [0.15, 0.2) is 40.9 Å². The van der Waals surface area contributed by atoms with Crippen molar-refractivity contribution in [2.24, 2.45) is 0 Å². The lowest BCUT2D eigenvalue weighted by molar-refractivity contribution is 0.190. The standard InChI is InChI=1S/C19H22N4O2S.ClH/c1-3-24-15-11-16(13-7-5-4-6-8-13)26-17(15)19-21-18(22-25-19)14-12-20-9-10-23(14)2;/h4-8,11,14,20H,3,9-10,12H2,1-2H3;1H. The molecule has 1 atom stereocenters. The summed E-state index contributed by atoms with van der Waals surface area (Å²) in [6.07, 6.45) is 0. The summed E-state index contributed by atoms with van der Waals surface area (Å²) in [5.74, 6) is 2.03. The minimum Gasteiger partial charge on any atom is -0.492 e. The molecule has 0 radical (unpaired) electrons. The van der Waals surface area contributed by atoms with Crippen LogP contribution in [0.4, 0.5) is 0 Å². The second-order valence-electron chi connectivity index (χ2n) is 6.26. The predicted molar refractivity (Wildman–Crippen MR) is 110 cm³/mol. The van der Waals surface area contributed by atoms with Gasteiger partial charge in [0, 0.05) is 24.5 Å². The number of halogens is 1. The van der Waals surface area contributed by atoms with Gasteiger partial charge in [-0.3, -0.25) is 4.90 Å². The van der Waals surface area contributed by atoms with Crippen molar-refractivity contribution in [1.82, 2.24) is 20.4 Å². The first kappa shape index (κ1) is 19.8. The van der Waals surface area contributed by atoms with Crippen molar-refractivity contribution in [2.45, 2.75) is 13.0 Å². The summed E-state index contributed by atoms with van der Waals surface area (Å²) in [4.78, 5) is 8.93. The molecule has 0 bridgehead atoms. The second-order valence-corrected chi connectivity index (χ2v) is 7.31. The van der Waals surface area contributed by atoms with E-state index >= 15 is 0 Å². The maximum absolute atomic E-state index is 5.83. The first-order valence-corrected chi connectivity index (χ1v) is 9.65. The predicted octanol–water partition coefficient (Wildman–Crippen LogP) is 3.86. The van der Waals surface area contributed by atoms with Crippen molar-refractivity contribution >= 4 is 23.7 Å². The van der Waals surface area contributed by atoms with E-state index in [4.69, 9.17) is 9.26 Å². The Morgan fingerprint density at radius 2 is 2.15 bits per heavy atom. The first-order chi connectivity index (χ1) is 12.8. The number of benzene rings is 1. The maximum atomic E-state index is 5.83. The lowest BCUT2D eigenvalue weighted by Gasteiger charge is -2.30. The van der Waals surface area contributed by atoms with E-state index in [1.807, 2.05) is 25.1 Å². The van der Waals surface area contributed by atoms with Gasteiger partial charge in [0.25, 0.3) is 5.89 Å². The number of hydrogen-bond acceptors (Lipinski definition) is 7. The number of likely N-dealkylation sites (N-methyl/N-ethyl adjacent to an activating group) is 1. The lowest BCUT2D eigenvalue weighted by Crippen LogP contribution is -2.44. The lowest BCUT2D eigenvalue weighted by atomic mass is 10.2. The van der Waals surface area contributed by atoms with Crippen LogP contribution in [-0.2, 0) is 0 Å². The molecule has 27 heavy (non-hydrogen) atoms. The van der Waals surface area contributed by atoms with Crippen molar-refractivity contribution in [1.29, 1.82) is 0 Å². The number of rotatable bonds is 5. The molecule has 1 aliphatic heterocycles. The summed E-state index contributed by atoms with van der Waals surface area (Å²) in [5.41, 5.74) is 1.15. The minimum absolute atomic E-state index is 0. The molecule has 144 valence electrons. The molecular weight excluding hydrogens is 384 g/mol. The average Bonchev–Trinajstić information content (AvgIpc) is 3.30. The Hall–Kier alpha value is -1.93. The monoisotopic (exact) mass is 406 g/mol. The highest BCUT2D eigenvalue weighted by Crippen LogP contribution is 2.42. The Labute approximate surface area is 168 Å². The highest BCUT2D eigenvalue weighted by Gasteiger charge is 2.27. The molecule has 1 saturated heterocycles. The number of hydrogen-bond donors (Lipinski definition) is 1. The number of aromatic nitrogens is 2. The number of piperazine rings is 1. The van der Waals surface area contributed by atoms with Crippen molar-refractivity contribution in [3.8, 4) is 27.0 Å². The van der Waals surface area contributed by atoms with Crippen LogP contribution >= 0.6 is 23.7 Å². The summed E-state index contributed by atoms with van der Waals surface area (Å²) in [6.45, 7) is 5.35. The molecule has 0 aliphatic carbocycles. The average molecular weight is 407 g/mol. The van der Waals surface area contributed by atoms with Gasteiger partial charge in [-0.15, -0.1) is 23.7 Å². The summed E-state index contributed by atoms with van der Waals surface area (Å²) in [5, 5.41) is 7.62. The van der Waals surface area contributed by atoms with Crippen molar-refractivity contribution in [3.05, 3.63) is 42.2 Å². The van der Waals surface area contributed by atoms with Crippen molar-refractivity contribution < 1.29 is 9.26 Å². The Morgan fingerprint density at radius 3 is 2.89 bits per heavy atom. The van der Waals surface area contributed by atoms with E-state index in [9.17, 15) is 0 Å². The zero-order chi connectivity index (χ0) is 17.9. The summed E-state index contributed by atoms with van der Waals surface area (Å²) in [6, 6.07) is 12.4. The van der Waals surface area contributed by atoms with E-state index in [0.29, 0.717) is 18.3 Å². The van der Waals surface area contributed by atoms with Crippen LogP contribution in [0.1, 0.15) is 18.8 Å². The Kier molecular flexibility index (Phi) is 6.49. The molecule has 6 nitrogen and oxygen atoms in total. The van der Waals surface area contributed by atoms with Gasteiger partial charge in [0.15, 0.2) is 5.82 Å². The van der Waals surface area contributed by atoms with Gasteiger partial charge >= 0.3 is 0 Å². The van der Waals surface area contributed by atoms with Gasteiger partial charge in [-0.25, -0.2) is 0 Å². The Morgan fingerprint density at radius 1 is 1.33 bits per heavy atom. The second kappa shape index (κ2) is 8.84. The highest BCUT2D eigenvalue weighted by molar-refractivity contribution is 7.19. The molecule has 0 saturated carbocycles. The highest BCUT2D eigenvalue weighted by atomic mass is 35.5. The largest absolute Gasteiger partial charge is 0.492 e. The van der Waals surface area contributed by atoms with Crippen molar-refractivity contribution in [3.63, 3.8) is 0 Å². The first-order valence-electron chi connectivity index (χ1n) is 8.83. The minimum atomic E-state index is 0. The molecule has 1 N–H and O–H groups in total. The van der Waals surface area contributed by atoms with Crippen LogP contribution < -0.4 is 10.1 Å². The van der Waals surface area contributed by atoms with Gasteiger partial charge in [0.1, 0.15) is 10.6 Å². The molecule has 2 aromatic heterocycles. The Balaban J connectivity index is 0.00000210. The number of ether oxygens (including phenoxy) is 1. The van der Waals surface area contributed by atoms with Gasteiger partial charge in [-0.2, -0.15) is 4.98 Å². The van der Waals surface area contributed by atoms with E-state index < -0.39 is 0 Å². The molecule has 1 aliphatic rings. The van der Waals surface area contributed by atoms with Crippen LogP contribution in [0.3, 0.4) is 0 Å². The van der Waals surface area contributed by atoms with Crippen molar-refractivity contribution in [2.75, 3.05) is 33.3 Å². The number of nitrogens with zero attached hydrogens (tertiary/aromatic N) is 3. The van der Waals surface area contributed by atoms with E-state index in [2.05, 4.69) is 45.6 Å². The zero-order valence-electron chi connectivity index (χ0n) is 15.3. The topological polar surface area (TPSA) is 63.4 Å². The van der Waals surface area contributed by atoms with Gasteiger partial charge in [0.2, 0.25) is 0 Å². The molecule has 4 rings (SSSR count). The third-order valence-electron chi connectivity index (χ3n) is 4.50. The molecule has 1 fully saturated rings.